The van der Waals surface area contributed by atoms with Gasteiger partial charge in [0.15, 0.2) is 12.4 Å². The number of carbonyl (C=O) groups is 3. The summed E-state index contributed by atoms with van der Waals surface area (Å²) >= 11 is 3.38. The van der Waals surface area contributed by atoms with Crippen LogP contribution in [0.1, 0.15) is 35.3 Å². The normalized spacial score (nSPS) is 11.4. The van der Waals surface area contributed by atoms with E-state index in [9.17, 15) is 14.4 Å². The van der Waals surface area contributed by atoms with Crippen LogP contribution in [0.3, 0.4) is 0 Å². The van der Waals surface area contributed by atoms with Gasteiger partial charge in [0.2, 0.25) is 0 Å². The molecular formula is C20H20BrNO5. The predicted molar refractivity (Wildman–Crippen MR) is 104 cm³/mol. The zero-order valence-corrected chi connectivity index (χ0v) is 16.6. The van der Waals surface area contributed by atoms with E-state index in [2.05, 4.69) is 21.2 Å². The number of benzene rings is 2. The summed E-state index contributed by atoms with van der Waals surface area (Å²) in [5.74, 6) is -0.373. The molecule has 0 aliphatic heterocycles. The Kier molecular flexibility index (Phi) is 7.55. The summed E-state index contributed by atoms with van der Waals surface area (Å²) < 4.78 is 11.0. The van der Waals surface area contributed by atoms with Gasteiger partial charge in [-0.1, -0.05) is 28.1 Å². The lowest BCUT2D eigenvalue weighted by Gasteiger charge is -2.18. The number of carbonyl (C=O) groups excluding carboxylic acids is 3. The minimum Gasteiger partial charge on any atom is -0.484 e. The molecular weight excluding hydrogens is 414 g/mol. The molecule has 1 N–H and O–H groups in total. The molecule has 0 radical (unpaired) electrons. The van der Waals surface area contributed by atoms with E-state index in [1.807, 2.05) is 24.3 Å². The van der Waals surface area contributed by atoms with Gasteiger partial charge >= 0.3 is 5.97 Å². The number of methoxy groups -OCH3 is 1. The van der Waals surface area contributed by atoms with Gasteiger partial charge < -0.3 is 14.8 Å². The predicted octanol–water partition coefficient (Wildman–Crippen LogP) is 3.45. The molecule has 2 aromatic carbocycles. The molecule has 7 heteroatoms. The number of nitrogens with one attached hydrogen (secondary N) is 1. The minimum absolute atomic E-state index is 0.00595. The Balaban J connectivity index is 2.00. The van der Waals surface area contributed by atoms with E-state index in [0.29, 0.717) is 11.3 Å². The molecule has 1 unspecified atom stereocenters. The van der Waals surface area contributed by atoms with Crippen molar-refractivity contribution in [3.05, 3.63) is 64.1 Å². The van der Waals surface area contributed by atoms with Gasteiger partial charge in [-0.15, -0.1) is 0 Å². The lowest BCUT2D eigenvalue weighted by molar-refractivity contribution is -0.141. The SMILES string of the molecule is COC(=O)CC(NC(=O)COc1ccc(C(C)=O)cc1)c1cccc(Br)c1. The van der Waals surface area contributed by atoms with E-state index in [-0.39, 0.29) is 24.7 Å². The first kappa shape index (κ1) is 20.6. The van der Waals surface area contributed by atoms with Gasteiger partial charge in [0.25, 0.3) is 5.91 Å². The van der Waals surface area contributed by atoms with Gasteiger partial charge in [0, 0.05) is 10.0 Å². The van der Waals surface area contributed by atoms with Crippen LogP contribution in [-0.2, 0) is 14.3 Å². The van der Waals surface area contributed by atoms with Crippen LogP contribution < -0.4 is 10.1 Å². The van der Waals surface area contributed by atoms with E-state index >= 15 is 0 Å². The summed E-state index contributed by atoms with van der Waals surface area (Å²) in [6, 6.07) is 13.3. The first-order valence-corrected chi connectivity index (χ1v) is 9.03. The van der Waals surface area contributed by atoms with Crippen LogP contribution in [0.4, 0.5) is 0 Å². The third-order valence-electron chi connectivity index (χ3n) is 3.82. The first-order valence-electron chi connectivity index (χ1n) is 8.24. The highest BCUT2D eigenvalue weighted by molar-refractivity contribution is 9.10. The number of Topliss-reactive ketones (excluding diaryl/α,β-unsaturated/α-hetero) is 1. The maximum atomic E-state index is 12.3. The maximum Gasteiger partial charge on any atom is 0.307 e. The summed E-state index contributed by atoms with van der Waals surface area (Å²) in [6.07, 6.45) is 0.00595. The van der Waals surface area contributed by atoms with Gasteiger partial charge in [0.05, 0.1) is 19.6 Å². The number of rotatable bonds is 8. The van der Waals surface area contributed by atoms with Crippen molar-refractivity contribution in [3.63, 3.8) is 0 Å². The lowest BCUT2D eigenvalue weighted by Crippen LogP contribution is -2.34. The second kappa shape index (κ2) is 9.87. The zero-order valence-electron chi connectivity index (χ0n) is 15.0. The van der Waals surface area contributed by atoms with Crippen molar-refractivity contribution in [1.29, 1.82) is 0 Å². The molecule has 1 atom stereocenters. The van der Waals surface area contributed by atoms with E-state index in [4.69, 9.17) is 9.47 Å². The Morgan fingerprint density at radius 3 is 2.41 bits per heavy atom. The molecule has 27 heavy (non-hydrogen) atoms. The molecule has 0 saturated carbocycles. The highest BCUT2D eigenvalue weighted by Crippen LogP contribution is 2.21. The molecule has 0 heterocycles. The molecule has 0 aromatic heterocycles. The van der Waals surface area contributed by atoms with Crippen molar-refractivity contribution < 1.29 is 23.9 Å². The van der Waals surface area contributed by atoms with E-state index in [1.54, 1.807) is 24.3 Å². The van der Waals surface area contributed by atoms with Gasteiger partial charge in [-0.3, -0.25) is 14.4 Å². The molecule has 2 rings (SSSR count). The summed E-state index contributed by atoms with van der Waals surface area (Å²) in [5.41, 5.74) is 1.34. The Labute approximate surface area is 166 Å². The van der Waals surface area contributed by atoms with Crippen molar-refractivity contribution in [2.24, 2.45) is 0 Å². The number of hydrogen-bond donors (Lipinski definition) is 1. The van der Waals surface area contributed by atoms with E-state index in [1.165, 1.54) is 14.0 Å². The third kappa shape index (κ3) is 6.53. The minimum atomic E-state index is -0.536. The number of halogens is 1. The Morgan fingerprint density at radius 1 is 1.11 bits per heavy atom. The monoisotopic (exact) mass is 433 g/mol. The topological polar surface area (TPSA) is 81.7 Å². The van der Waals surface area contributed by atoms with Crippen LogP contribution in [0.5, 0.6) is 5.75 Å². The summed E-state index contributed by atoms with van der Waals surface area (Å²) in [6.45, 7) is 1.26. The molecule has 0 aliphatic carbocycles. The molecule has 0 saturated heterocycles. The molecule has 0 bridgehead atoms. The third-order valence-corrected chi connectivity index (χ3v) is 4.31. The quantitative estimate of drug-likeness (QED) is 0.509. The molecule has 2 aromatic rings. The number of ketones is 1. The van der Waals surface area contributed by atoms with Crippen molar-refractivity contribution in [2.45, 2.75) is 19.4 Å². The maximum absolute atomic E-state index is 12.3. The highest BCUT2D eigenvalue weighted by Gasteiger charge is 2.19. The average molecular weight is 434 g/mol. The first-order chi connectivity index (χ1) is 12.9. The van der Waals surface area contributed by atoms with Crippen LogP contribution in [0, 0.1) is 0 Å². The van der Waals surface area contributed by atoms with Crippen LogP contribution in [-0.4, -0.2) is 31.4 Å². The summed E-state index contributed by atoms with van der Waals surface area (Å²) in [5, 5.41) is 2.79. The number of hydrogen-bond acceptors (Lipinski definition) is 5. The van der Waals surface area contributed by atoms with E-state index < -0.39 is 12.0 Å². The Morgan fingerprint density at radius 2 is 1.81 bits per heavy atom. The fourth-order valence-electron chi connectivity index (χ4n) is 2.40. The Bertz CT molecular complexity index is 819. The largest absolute Gasteiger partial charge is 0.484 e. The smallest absolute Gasteiger partial charge is 0.307 e. The van der Waals surface area contributed by atoms with Crippen molar-refractivity contribution >= 4 is 33.6 Å². The second-order valence-electron chi connectivity index (χ2n) is 5.82. The molecule has 6 nitrogen and oxygen atoms in total. The molecule has 0 aliphatic rings. The Hall–Kier alpha value is -2.67. The van der Waals surface area contributed by atoms with Crippen LogP contribution in [0.25, 0.3) is 0 Å². The molecule has 0 spiro atoms. The van der Waals surface area contributed by atoms with Crippen LogP contribution in [0.15, 0.2) is 53.0 Å². The summed E-state index contributed by atoms with van der Waals surface area (Å²) in [7, 11) is 1.30. The van der Waals surface area contributed by atoms with Crippen molar-refractivity contribution in [2.75, 3.05) is 13.7 Å². The van der Waals surface area contributed by atoms with Crippen LogP contribution in [0.2, 0.25) is 0 Å². The highest BCUT2D eigenvalue weighted by atomic mass is 79.9. The molecule has 1 amide bonds. The van der Waals surface area contributed by atoms with Gasteiger partial charge in [0.1, 0.15) is 5.75 Å². The van der Waals surface area contributed by atoms with Crippen molar-refractivity contribution in [3.8, 4) is 5.75 Å². The lowest BCUT2D eigenvalue weighted by atomic mass is 10.0. The summed E-state index contributed by atoms with van der Waals surface area (Å²) in [4.78, 5) is 35.2. The molecule has 142 valence electrons. The van der Waals surface area contributed by atoms with E-state index in [0.717, 1.165) is 10.0 Å². The second-order valence-corrected chi connectivity index (χ2v) is 6.74. The fraction of sp³-hybridized carbons (Fsp3) is 0.250. The zero-order chi connectivity index (χ0) is 19.8. The number of ether oxygens (including phenoxy) is 2. The fourth-order valence-corrected chi connectivity index (χ4v) is 2.81. The van der Waals surface area contributed by atoms with Gasteiger partial charge in [-0.05, 0) is 48.9 Å². The standard InChI is InChI=1S/C20H20BrNO5/c1-13(23)14-6-8-17(9-7-14)27-12-19(24)22-18(11-20(25)26-2)15-4-3-5-16(21)10-15/h3-10,18H,11-12H2,1-2H3,(H,22,24). The average Bonchev–Trinajstić information content (AvgIpc) is 2.66. The number of esters is 1. The van der Waals surface area contributed by atoms with Gasteiger partial charge in [-0.2, -0.15) is 0 Å². The molecule has 0 fully saturated rings. The van der Waals surface area contributed by atoms with Crippen molar-refractivity contribution in [1.82, 2.24) is 5.32 Å². The van der Waals surface area contributed by atoms with Gasteiger partial charge in [-0.25, -0.2) is 0 Å². The van der Waals surface area contributed by atoms with Crippen LogP contribution >= 0.6 is 15.9 Å². The number of amides is 1.